The van der Waals surface area contributed by atoms with Crippen LogP contribution in [0.15, 0.2) is 48.5 Å². The first-order valence-corrected chi connectivity index (χ1v) is 8.72. The lowest BCUT2D eigenvalue weighted by Gasteiger charge is -2.32. The molecule has 3 N–H and O–H groups in total. The summed E-state index contributed by atoms with van der Waals surface area (Å²) < 4.78 is 5.45. The highest BCUT2D eigenvalue weighted by Gasteiger charge is 2.25. The molecule has 1 amide bonds. The fraction of sp³-hybridized carbons (Fsp3) is 0.350. The Kier molecular flexibility index (Phi) is 7.45. The first-order chi connectivity index (χ1) is 12.2. The van der Waals surface area contributed by atoms with Gasteiger partial charge in [0, 0.05) is 25.3 Å². The lowest BCUT2D eigenvalue weighted by molar-refractivity contribution is -0.121. The highest BCUT2D eigenvalue weighted by molar-refractivity contribution is 5.94. The molecule has 2 aromatic carbocycles. The highest BCUT2D eigenvalue weighted by Crippen LogP contribution is 2.21. The molecule has 0 saturated carbocycles. The second-order valence-electron chi connectivity index (χ2n) is 6.32. The van der Waals surface area contributed by atoms with Gasteiger partial charge in [-0.2, -0.15) is 0 Å². The molecule has 1 heterocycles. The summed E-state index contributed by atoms with van der Waals surface area (Å²) >= 11 is 0. The first kappa shape index (κ1) is 20.2. The summed E-state index contributed by atoms with van der Waals surface area (Å²) in [6.07, 6.45) is 0.987. The third kappa shape index (κ3) is 4.97. The van der Waals surface area contributed by atoms with Crippen LogP contribution in [-0.4, -0.2) is 36.5 Å². The van der Waals surface area contributed by atoms with E-state index < -0.39 is 0 Å². The number of hydrogen-bond donors (Lipinski definition) is 2. The number of ether oxygens (including phenoxy) is 1. The molecule has 0 radical (unpaired) electrons. The number of hydrogen-bond acceptors (Lipinski definition) is 4. The predicted molar refractivity (Wildman–Crippen MR) is 107 cm³/mol. The smallest absolute Gasteiger partial charge is 0.241 e. The minimum atomic E-state index is -0.179. The first-order valence-electron chi connectivity index (χ1n) is 8.72. The lowest BCUT2D eigenvalue weighted by atomic mass is 9.99. The van der Waals surface area contributed by atoms with Gasteiger partial charge < -0.3 is 15.8 Å². The summed E-state index contributed by atoms with van der Waals surface area (Å²) in [5.41, 5.74) is 8.90. The normalized spacial score (nSPS) is 14.7. The molecule has 1 atom stereocenters. The second kappa shape index (κ2) is 9.57. The zero-order chi connectivity index (χ0) is 17.6. The van der Waals surface area contributed by atoms with Crippen molar-refractivity contribution < 1.29 is 9.53 Å². The van der Waals surface area contributed by atoms with Crippen molar-refractivity contribution in [2.45, 2.75) is 25.9 Å². The Morgan fingerprint density at radius 1 is 1.19 bits per heavy atom. The van der Waals surface area contributed by atoms with Crippen molar-refractivity contribution in [3.8, 4) is 5.75 Å². The van der Waals surface area contributed by atoms with Crippen LogP contribution in [0.2, 0.25) is 0 Å². The van der Waals surface area contributed by atoms with Crippen molar-refractivity contribution in [1.29, 1.82) is 0 Å². The lowest BCUT2D eigenvalue weighted by Crippen LogP contribution is -2.44. The SMILES string of the molecule is CC(C(=O)Nc1ccc(OCCN)cc1)N1CCc2ccccc2C1.Cl. The van der Waals surface area contributed by atoms with Crippen LogP contribution in [0.1, 0.15) is 18.1 Å². The van der Waals surface area contributed by atoms with Crippen LogP contribution in [-0.2, 0) is 17.8 Å². The summed E-state index contributed by atoms with van der Waals surface area (Å²) in [6, 6.07) is 15.6. The van der Waals surface area contributed by atoms with Crippen molar-refractivity contribution in [3.63, 3.8) is 0 Å². The molecule has 1 unspecified atom stereocenters. The molecular formula is C20H26ClN3O2. The van der Waals surface area contributed by atoms with Gasteiger partial charge >= 0.3 is 0 Å². The zero-order valence-electron chi connectivity index (χ0n) is 15.0. The number of carbonyl (C=O) groups excluding carboxylic acids is 1. The summed E-state index contributed by atoms with van der Waals surface area (Å²) in [5.74, 6) is 0.763. The number of nitrogens with zero attached hydrogens (tertiary/aromatic N) is 1. The molecule has 2 aromatic rings. The second-order valence-corrected chi connectivity index (χ2v) is 6.32. The summed E-state index contributed by atoms with van der Waals surface area (Å²) in [4.78, 5) is 14.8. The van der Waals surface area contributed by atoms with Crippen LogP contribution in [0.4, 0.5) is 5.69 Å². The van der Waals surface area contributed by atoms with Crippen molar-refractivity contribution in [1.82, 2.24) is 4.90 Å². The number of fused-ring (bicyclic) bond motifs is 1. The molecule has 0 aromatic heterocycles. The van der Waals surface area contributed by atoms with Crippen LogP contribution in [0, 0.1) is 0 Å². The molecule has 0 bridgehead atoms. The van der Waals surface area contributed by atoms with Gasteiger partial charge in [0.25, 0.3) is 0 Å². The molecule has 26 heavy (non-hydrogen) atoms. The number of nitrogens with two attached hydrogens (primary N) is 1. The molecule has 0 saturated heterocycles. The standard InChI is InChI=1S/C20H25N3O2.ClH/c1-15(23-12-10-16-4-2-3-5-17(16)14-23)20(24)22-18-6-8-19(9-7-18)25-13-11-21;/h2-9,15H,10-14,21H2,1H3,(H,22,24);1H. The third-order valence-corrected chi connectivity index (χ3v) is 4.60. The number of halogens is 1. The van der Waals surface area contributed by atoms with Gasteiger partial charge in [0.15, 0.2) is 0 Å². The van der Waals surface area contributed by atoms with Gasteiger partial charge in [0.1, 0.15) is 12.4 Å². The van der Waals surface area contributed by atoms with E-state index >= 15 is 0 Å². The summed E-state index contributed by atoms with van der Waals surface area (Å²) in [7, 11) is 0. The van der Waals surface area contributed by atoms with E-state index in [-0.39, 0.29) is 24.4 Å². The van der Waals surface area contributed by atoms with E-state index in [1.807, 2.05) is 31.2 Å². The van der Waals surface area contributed by atoms with E-state index in [0.717, 1.165) is 30.9 Å². The zero-order valence-corrected chi connectivity index (χ0v) is 15.8. The van der Waals surface area contributed by atoms with E-state index in [1.165, 1.54) is 11.1 Å². The van der Waals surface area contributed by atoms with Gasteiger partial charge in [-0.15, -0.1) is 12.4 Å². The Bertz CT molecular complexity index is 721. The van der Waals surface area contributed by atoms with Crippen molar-refractivity contribution in [2.24, 2.45) is 5.73 Å². The number of rotatable bonds is 6. The van der Waals surface area contributed by atoms with Crippen molar-refractivity contribution in [3.05, 3.63) is 59.7 Å². The minimum Gasteiger partial charge on any atom is -0.492 e. The third-order valence-electron chi connectivity index (χ3n) is 4.60. The molecule has 0 aliphatic carbocycles. The Labute approximate surface area is 160 Å². The Morgan fingerprint density at radius 2 is 1.88 bits per heavy atom. The average molecular weight is 376 g/mol. The van der Waals surface area contributed by atoms with Crippen LogP contribution >= 0.6 is 12.4 Å². The molecule has 1 aliphatic rings. The molecule has 1 aliphatic heterocycles. The van der Waals surface area contributed by atoms with E-state index in [1.54, 1.807) is 0 Å². The fourth-order valence-corrected chi connectivity index (χ4v) is 3.07. The predicted octanol–water partition coefficient (Wildman–Crippen LogP) is 2.83. The quantitative estimate of drug-likeness (QED) is 0.814. The van der Waals surface area contributed by atoms with E-state index in [9.17, 15) is 4.79 Å². The maximum absolute atomic E-state index is 12.6. The summed E-state index contributed by atoms with van der Waals surface area (Å²) in [5, 5.41) is 2.99. The van der Waals surface area contributed by atoms with Crippen molar-refractivity contribution >= 4 is 24.0 Å². The monoisotopic (exact) mass is 375 g/mol. The molecule has 5 nitrogen and oxygen atoms in total. The van der Waals surface area contributed by atoms with Crippen LogP contribution < -0.4 is 15.8 Å². The van der Waals surface area contributed by atoms with Gasteiger partial charge in [-0.1, -0.05) is 24.3 Å². The molecule has 140 valence electrons. The number of benzene rings is 2. The molecule has 6 heteroatoms. The molecule has 0 spiro atoms. The molecular weight excluding hydrogens is 350 g/mol. The maximum Gasteiger partial charge on any atom is 0.241 e. The topological polar surface area (TPSA) is 67.6 Å². The Balaban J connectivity index is 0.00000243. The minimum absolute atomic E-state index is 0. The number of carbonyl (C=O) groups is 1. The molecule has 0 fully saturated rings. The van der Waals surface area contributed by atoms with Gasteiger partial charge in [-0.05, 0) is 48.7 Å². The van der Waals surface area contributed by atoms with Crippen molar-refractivity contribution in [2.75, 3.05) is 25.0 Å². The Hall–Kier alpha value is -2.08. The van der Waals surface area contributed by atoms with E-state index in [2.05, 4.69) is 34.5 Å². The number of anilines is 1. The fourth-order valence-electron chi connectivity index (χ4n) is 3.07. The number of nitrogens with one attached hydrogen (secondary N) is 1. The average Bonchev–Trinajstić information content (AvgIpc) is 2.66. The maximum atomic E-state index is 12.6. The van der Waals surface area contributed by atoms with Gasteiger partial charge in [0.05, 0.1) is 6.04 Å². The van der Waals surface area contributed by atoms with Crippen LogP contribution in [0.3, 0.4) is 0 Å². The highest BCUT2D eigenvalue weighted by atomic mass is 35.5. The van der Waals surface area contributed by atoms with E-state index in [0.29, 0.717) is 13.2 Å². The van der Waals surface area contributed by atoms with Gasteiger partial charge in [0.2, 0.25) is 5.91 Å². The van der Waals surface area contributed by atoms with Gasteiger partial charge in [-0.3, -0.25) is 9.69 Å². The number of amides is 1. The van der Waals surface area contributed by atoms with Gasteiger partial charge in [-0.25, -0.2) is 0 Å². The summed E-state index contributed by atoms with van der Waals surface area (Å²) in [6.45, 7) is 4.64. The molecule has 3 rings (SSSR count). The largest absolute Gasteiger partial charge is 0.492 e. The van der Waals surface area contributed by atoms with Crippen LogP contribution in [0.5, 0.6) is 5.75 Å². The Morgan fingerprint density at radius 3 is 2.58 bits per heavy atom. The van der Waals surface area contributed by atoms with E-state index in [4.69, 9.17) is 10.5 Å². The van der Waals surface area contributed by atoms with Crippen LogP contribution in [0.25, 0.3) is 0 Å².